The predicted molar refractivity (Wildman–Crippen MR) is 91.7 cm³/mol. The molecule has 0 aliphatic carbocycles. The summed E-state index contributed by atoms with van der Waals surface area (Å²) in [5, 5.41) is 3.45. The fourth-order valence-electron chi connectivity index (χ4n) is 2.54. The minimum atomic E-state index is -0.0685. The van der Waals surface area contributed by atoms with Gasteiger partial charge < -0.3 is 15.1 Å². The summed E-state index contributed by atoms with van der Waals surface area (Å²) in [5.74, 6) is 0. The Bertz CT molecular complexity index is 487. The first-order valence-electron chi connectivity index (χ1n) is 7.74. The van der Waals surface area contributed by atoms with Crippen molar-refractivity contribution < 1.29 is 4.79 Å². The number of halogens is 1. The van der Waals surface area contributed by atoms with Gasteiger partial charge in [0.15, 0.2) is 0 Å². The van der Waals surface area contributed by atoms with Gasteiger partial charge in [-0.3, -0.25) is 4.90 Å². The molecule has 0 atom stereocenters. The van der Waals surface area contributed by atoms with Gasteiger partial charge in [-0.15, -0.1) is 0 Å². The van der Waals surface area contributed by atoms with Gasteiger partial charge in [0.2, 0.25) is 0 Å². The maximum absolute atomic E-state index is 12.3. The molecule has 2 rings (SSSR count). The van der Waals surface area contributed by atoms with Crippen molar-refractivity contribution in [1.82, 2.24) is 14.7 Å². The average molecular weight is 325 g/mol. The van der Waals surface area contributed by atoms with Crippen molar-refractivity contribution >= 4 is 23.3 Å². The van der Waals surface area contributed by atoms with Gasteiger partial charge in [-0.25, -0.2) is 4.79 Å². The summed E-state index contributed by atoms with van der Waals surface area (Å²) in [6, 6.07) is 7.24. The first kappa shape index (κ1) is 17.1. The van der Waals surface area contributed by atoms with Gasteiger partial charge in [0.05, 0.1) is 10.7 Å². The molecule has 1 saturated heterocycles. The number of para-hydroxylation sites is 1. The Morgan fingerprint density at radius 3 is 2.55 bits per heavy atom. The molecule has 122 valence electrons. The minimum absolute atomic E-state index is 0.0685. The number of piperazine rings is 1. The van der Waals surface area contributed by atoms with Crippen LogP contribution in [0.2, 0.25) is 5.02 Å². The molecule has 0 spiro atoms. The van der Waals surface area contributed by atoms with E-state index >= 15 is 0 Å². The van der Waals surface area contributed by atoms with Crippen LogP contribution in [0.3, 0.4) is 0 Å². The molecule has 1 aromatic carbocycles. The predicted octanol–water partition coefficient (Wildman–Crippen LogP) is 2.44. The SMILES string of the molecule is CN(C)CCCN1CCN(C(=O)Nc2ccccc2Cl)CC1. The number of anilines is 1. The van der Waals surface area contributed by atoms with Crippen LogP contribution >= 0.6 is 11.6 Å². The number of hydrogen-bond acceptors (Lipinski definition) is 3. The van der Waals surface area contributed by atoms with E-state index in [1.165, 1.54) is 6.42 Å². The van der Waals surface area contributed by atoms with E-state index in [1.807, 2.05) is 23.1 Å². The lowest BCUT2D eigenvalue weighted by atomic mass is 10.3. The van der Waals surface area contributed by atoms with Crippen molar-refractivity contribution in [3.8, 4) is 0 Å². The fourth-order valence-corrected chi connectivity index (χ4v) is 2.72. The van der Waals surface area contributed by atoms with Gasteiger partial charge in [-0.05, 0) is 45.7 Å². The van der Waals surface area contributed by atoms with E-state index in [0.717, 1.165) is 39.3 Å². The second-order valence-electron chi connectivity index (χ2n) is 5.90. The third-order valence-corrected chi connectivity index (χ3v) is 4.18. The van der Waals surface area contributed by atoms with E-state index in [4.69, 9.17) is 11.6 Å². The van der Waals surface area contributed by atoms with E-state index in [9.17, 15) is 4.79 Å². The second-order valence-corrected chi connectivity index (χ2v) is 6.30. The zero-order valence-electron chi connectivity index (χ0n) is 13.4. The molecule has 5 nitrogen and oxygen atoms in total. The molecule has 0 aromatic heterocycles. The molecule has 0 saturated carbocycles. The molecule has 1 N–H and O–H groups in total. The number of nitrogens with one attached hydrogen (secondary N) is 1. The highest BCUT2D eigenvalue weighted by atomic mass is 35.5. The Labute approximate surface area is 137 Å². The molecule has 1 aromatic rings. The normalized spacial score (nSPS) is 16.1. The summed E-state index contributed by atoms with van der Waals surface area (Å²) in [6.45, 7) is 5.59. The van der Waals surface area contributed by atoms with Crippen LogP contribution in [0.4, 0.5) is 10.5 Å². The molecule has 1 fully saturated rings. The van der Waals surface area contributed by atoms with Gasteiger partial charge in [0.25, 0.3) is 0 Å². The summed E-state index contributed by atoms with van der Waals surface area (Å²) in [5.41, 5.74) is 0.669. The molecular formula is C16H25ClN4O. The summed E-state index contributed by atoms with van der Waals surface area (Å²) >= 11 is 6.07. The summed E-state index contributed by atoms with van der Waals surface area (Å²) in [4.78, 5) is 18.7. The van der Waals surface area contributed by atoms with Gasteiger partial charge >= 0.3 is 6.03 Å². The van der Waals surface area contributed by atoms with Gasteiger partial charge in [-0.1, -0.05) is 23.7 Å². The molecule has 0 radical (unpaired) electrons. The maximum Gasteiger partial charge on any atom is 0.321 e. The molecule has 6 heteroatoms. The largest absolute Gasteiger partial charge is 0.322 e. The van der Waals surface area contributed by atoms with Crippen molar-refractivity contribution in [2.45, 2.75) is 6.42 Å². The Morgan fingerprint density at radius 2 is 1.91 bits per heavy atom. The lowest BCUT2D eigenvalue weighted by molar-refractivity contribution is 0.144. The highest BCUT2D eigenvalue weighted by Gasteiger charge is 2.21. The van der Waals surface area contributed by atoms with E-state index in [-0.39, 0.29) is 6.03 Å². The van der Waals surface area contributed by atoms with Gasteiger partial charge in [0, 0.05) is 26.2 Å². The van der Waals surface area contributed by atoms with Crippen molar-refractivity contribution in [2.24, 2.45) is 0 Å². The van der Waals surface area contributed by atoms with Crippen LogP contribution in [0.1, 0.15) is 6.42 Å². The number of urea groups is 1. The van der Waals surface area contributed by atoms with E-state index in [1.54, 1.807) is 6.07 Å². The Kier molecular flexibility index (Phi) is 6.49. The van der Waals surface area contributed by atoms with E-state index in [0.29, 0.717) is 10.7 Å². The zero-order chi connectivity index (χ0) is 15.9. The lowest BCUT2D eigenvalue weighted by Gasteiger charge is -2.34. The summed E-state index contributed by atoms with van der Waals surface area (Å²) in [7, 11) is 4.19. The summed E-state index contributed by atoms with van der Waals surface area (Å²) in [6.07, 6.45) is 1.17. The number of carbonyl (C=O) groups is 1. The van der Waals surface area contributed by atoms with Crippen LogP contribution in [0.5, 0.6) is 0 Å². The van der Waals surface area contributed by atoms with Crippen molar-refractivity contribution in [3.63, 3.8) is 0 Å². The van der Waals surface area contributed by atoms with E-state index < -0.39 is 0 Å². The number of carbonyl (C=O) groups excluding carboxylic acids is 1. The molecule has 2 amide bonds. The topological polar surface area (TPSA) is 38.8 Å². The number of amides is 2. The third kappa shape index (κ3) is 5.16. The first-order valence-corrected chi connectivity index (χ1v) is 8.11. The van der Waals surface area contributed by atoms with Crippen molar-refractivity contribution in [2.75, 3.05) is 58.7 Å². The molecule has 1 aliphatic heterocycles. The molecule has 0 unspecified atom stereocenters. The van der Waals surface area contributed by atoms with Crippen molar-refractivity contribution in [1.29, 1.82) is 0 Å². The highest BCUT2D eigenvalue weighted by molar-refractivity contribution is 6.33. The van der Waals surface area contributed by atoms with Crippen LogP contribution in [-0.4, -0.2) is 74.1 Å². The fraction of sp³-hybridized carbons (Fsp3) is 0.562. The smallest absolute Gasteiger partial charge is 0.321 e. The third-order valence-electron chi connectivity index (χ3n) is 3.85. The second kappa shape index (κ2) is 8.36. The van der Waals surface area contributed by atoms with Gasteiger partial charge in [-0.2, -0.15) is 0 Å². The molecule has 1 aliphatic rings. The molecule has 1 heterocycles. The Hall–Kier alpha value is -1.30. The van der Waals surface area contributed by atoms with Crippen LogP contribution in [0.15, 0.2) is 24.3 Å². The summed E-state index contributed by atoms with van der Waals surface area (Å²) < 4.78 is 0. The number of benzene rings is 1. The quantitative estimate of drug-likeness (QED) is 0.904. The van der Waals surface area contributed by atoms with Crippen LogP contribution in [0, 0.1) is 0 Å². The maximum atomic E-state index is 12.3. The monoisotopic (exact) mass is 324 g/mol. The number of hydrogen-bond donors (Lipinski definition) is 1. The van der Waals surface area contributed by atoms with Crippen molar-refractivity contribution in [3.05, 3.63) is 29.3 Å². The molecule has 0 bridgehead atoms. The van der Waals surface area contributed by atoms with E-state index in [2.05, 4.69) is 29.2 Å². The highest BCUT2D eigenvalue weighted by Crippen LogP contribution is 2.21. The Balaban J connectivity index is 1.74. The molecule has 22 heavy (non-hydrogen) atoms. The van der Waals surface area contributed by atoms with Crippen LogP contribution < -0.4 is 5.32 Å². The first-order chi connectivity index (χ1) is 10.6. The lowest BCUT2D eigenvalue weighted by Crippen LogP contribution is -2.50. The van der Waals surface area contributed by atoms with Crippen LogP contribution in [-0.2, 0) is 0 Å². The average Bonchev–Trinajstić information content (AvgIpc) is 2.50. The number of nitrogens with zero attached hydrogens (tertiary/aromatic N) is 3. The standard InChI is InChI=1S/C16H25ClN4O/c1-19(2)8-5-9-20-10-12-21(13-11-20)16(22)18-15-7-4-3-6-14(15)17/h3-4,6-7H,5,8-13H2,1-2H3,(H,18,22). The Morgan fingerprint density at radius 1 is 1.23 bits per heavy atom. The van der Waals surface area contributed by atoms with Crippen LogP contribution in [0.25, 0.3) is 0 Å². The molecular weight excluding hydrogens is 300 g/mol. The van der Waals surface area contributed by atoms with Gasteiger partial charge in [0.1, 0.15) is 0 Å². The zero-order valence-corrected chi connectivity index (χ0v) is 14.1. The number of rotatable bonds is 5. The minimum Gasteiger partial charge on any atom is -0.322 e.